The molecule has 4 heteroatoms. The van der Waals surface area contributed by atoms with E-state index in [-0.39, 0.29) is 0 Å². The quantitative estimate of drug-likeness (QED) is 0.850. The van der Waals surface area contributed by atoms with Crippen LogP contribution in [0.3, 0.4) is 0 Å². The first kappa shape index (κ1) is 14.2. The minimum absolute atomic E-state index is 0.326. The maximum atomic E-state index is 4.72. The molecule has 1 saturated heterocycles. The molecule has 0 aromatic heterocycles. The molecular formula is C14H27N3S. The fourth-order valence-electron chi connectivity index (χ4n) is 2.28. The van der Waals surface area contributed by atoms with Gasteiger partial charge in [-0.05, 0) is 31.7 Å². The smallest absolute Gasteiger partial charge is 0.156 e. The summed E-state index contributed by atoms with van der Waals surface area (Å²) in [6.45, 7) is 8.94. The molecule has 1 saturated carbocycles. The van der Waals surface area contributed by atoms with Gasteiger partial charge in [0, 0.05) is 24.4 Å². The molecule has 2 aliphatic rings. The van der Waals surface area contributed by atoms with E-state index in [1.165, 1.54) is 25.0 Å². The standard InChI is InChI=1S/C14H27N3S/c1-14(2,3)12-7-10-18-13(16-12)15-8-9-17(4)11-5-6-11/h11-12H,5-10H2,1-4H3,(H,15,16). The fourth-order valence-corrected chi connectivity index (χ4v) is 3.24. The zero-order valence-corrected chi connectivity index (χ0v) is 13.0. The van der Waals surface area contributed by atoms with E-state index >= 15 is 0 Å². The zero-order valence-electron chi connectivity index (χ0n) is 12.2. The van der Waals surface area contributed by atoms with Gasteiger partial charge in [-0.2, -0.15) is 0 Å². The van der Waals surface area contributed by atoms with Crippen molar-refractivity contribution in [2.75, 3.05) is 25.9 Å². The number of likely N-dealkylation sites (N-methyl/N-ethyl adjacent to an activating group) is 1. The normalized spacial score (nSPS) is 27.6. The van der Waals surface area contributed by atoms with Crippen molar-refractivity contribution in [3.8, 4) is 0 Å². The van der Waals surface area contributed by atoms with Gasteiger partial charge in [-0.25, -0.2) is 0 Å². The highest BCUT2D eigenvalue weighted by atomic mass is 32.2. The van der Waals surface area contributed by atoms with Gasteiger partial charge in [0.2, 0.25) is 0 Å². The van der Waals surface area contributed by atoms with Crippen LogP contribution in [0.5, 0.6) is 0 Å². The minimum Gasteiger partial charge on any atom is -0.362 e. The van der Waals surface area contributed by atoms with Gasteiger partial charge in [0.05, 0.1) is 6.54 Å². The summed E-state index contributed by atoms with van der Waals surface area (Å²) >= 11 is 1.88. The Morgan fingerprint density at radius 2 is 2.06 bits per heavy atom. The van der Waals surface area contributed by atoms with Crippen LogP contribution < -0.4 is 5.32 Å². The monoisotopic (exact) mass is 269 g/mol. The molecule has 0 bridgehead atoms. The van der Waals surface area contributed by atoms with Crippen molar-refractivity contribution in [1.82, 2.24) is 10.2 Å². The van der Waals surface area contributed by atoms with Crippen molar-refractivity contribution < 1.29 is 0 Å². The van der Waals surface area contributed by atoms with Gasteiger partial charge < -0.3 is 10.2 Å². The molecule has 1 aliphatic carbocycles. The van der Waals surface area contributed by atoms with Gasteiger partial charge in [-0.3, -0.25) is 4.99 Å². The summed E-state index contributed by atoms with van der Waals surface area (Å²) in [5, 5.41) is 4.76. The Morgan fingerprint density at radius 1 is 1.33 bits per heavy atom. The van der Waals surface area contributed by atoms with Crippen LogP contribution >= 0.6 is 11.8 Å². The van der Waals surface area contributed by atoms with Gasteiger partial charge in [-0.15, -0.1) is 0 Å². The summed E-state index contributed by atoms with van der Waals surface area (Å²) in [4.78, 5) is 7.17. The average molecular weight is 269 g/mol. The molecule has 0 amide bonds. The summed E-state index contributed by atoms with van der Waals surface area (Å²) in [6.07, 6.45) is 4.01. The fraction of sp³-hybridized carbons (Fsp3) is 0.929. The van der Waals surface area contributed by atoms with Crippen LogP contribution in [-0.2, 0) is 0 Å². The highest BCUT2D eigenvalue weighted by Gasteiger charge is 2.28. The highest BCUT2D eigenvalue weighted by molar-refractivity contribution is 8.13. The number of hydrogen-bond donors (Lipinski definition) is 1. The first-order chi connectivity index (χ1) is 8.47. The molecular weight excluding hydrogens is 242 g/mol. The van der Waals surface area contributed by atoms with Crippen molar-refractivity contribution in [3.63, 3.8) is 0 Å². The first-order valence-electron chi connectivity index (χ1n) is 7.11. The van der Waals surface area contributed by atoms with Gasteiger partial charge >= 0.3 is 0 Å². The first-order valence-corrected chi connectivity index (χ1v) is 8.09. The van der Waals surface area contributed by atoms with E-state index < -0.39 is 0 Å². The van der Waals surface area contributed by atoms with E-state index in [1.54, 1.807) is 0 Å². The van der Waals surface area contributed by atoms with Gasteiger partial charge in [-0.1, -0.05) is 32.5 Å². The maximum absolute atomic E-state index is 4.72. The Hall–Kier alpha value is -0.220. The van der Waals surface area contributed by atoms with Crippen LogP contribution in [0.25, 0.3) is 0 Å². The van der Waals surface area contributed by atoms with Crippen LogP contribution in [0.1, 0.15) is 40.0 Å². The third-order valence-electron chi connectivity index (χ3n) is 3.87. The van der Waals surface area contributed by atoms with Crippen molar-refractivity contribution in [1.29, 1.82) is 0 Å². The summed E-state index contributed by atoms with van der Waals surface area (Å²) in [5.41, 5.74) is 0.326. The van der Waals surface area contributed by atoms with E-state index in [1.807, 2.05) is 11.8 Å². The van der Waals surface area contributed by atoms with E-state index in [9.17, 15) is 0 Å². The van der Waals surface area contributed by atoms with E-state index in [2.05, 4.69) is 38.0 Å². The van der Waals surface area contributed by atoms with Crippen LogP contribution in [0.2, 0.25) is 0 Å². The van der Waals surface area contributed by atoms with Crippen LogP contribution in [0, 0.1) is 5.41 Å². The van der Waals surface area contributed by atoms with Gasteiger partial charge in [0.25, 0.3) is 0 Å². The number of nitrogens with one attached hydrogen (secondary N) is 1. The number of aliphatic imine (C=N–C) groups is 1. The van der Waals surface area contributed by atoms with Crippen molar-refractivity contribution in [2.45, 2.75) is 52.1 Å². The summed E-state index contributed by atoms with van der Waals surface area (Å²) in [7, 11) is 2.22. The lowest BCUT2D eigenvalue weighted by Crippen LogP contribution is -2.46. The Bertz CT molecular complexity index is 305. The highest BCUT2D eigenvalue weighted by Crippen LogP contribution is 2.27. The number of rotatable bonds is 4. The number of hydrogen-bond acceptors (Lipinski definition) is 3. The van der Waals surface area contributed by atoms with E-state index in [0.29, 0.717) is 11.5 Å². The minimum atomic E-state index is 0.326. The van der Waals surface area contributed by atoms with Gasteiger partial charge in [0.15, 0.2) is 5.17 Å². The molecule has 3 nitrogen and oxygen atoms in total. The van der Waals surface area contributed by atoms with Crippen molar-refractivity contribution >= 4 is 16.9 Å². The van der Waals surface area contributed by atoms with Crippen LogP contribution in [0.4, 0.5) is 0 Å². The van der Waals surface area contributed by atoms with Crippen LogP contribution in [-0.4, -0.2) is 48.0 Å². The molecule has 2 fully saturated rings. The van der Waals surface area contributed by atoms with Crippen molar-refractivity contribution in [3.05, 3.63) is 0 Å². The molecule has 18 heavy (non-hydrogen) atoms. The lowest BCUT2D eigenvalue weighted by atomic mass is 9.85. The summed E-state index contributed by atoms with van der Waals surface area (Å²) in [5.74, 6) is 1.20. The Kier molecular flexibility index (Phi) is 4.59. The molecule has 0 aromatic carbocycles. The molecule has 0 aromatic rings. The lowest BCUT2D eigenvalue weighted by Gasteiger charge is -2.35. The largest absolute Gasteiger partial charge is 0.362 e. The SMILES string of the molecule is CN(CCN=C1NC(C(C)(C)C)CCS1)C1CC1. The summed E-state index contributed by atoms with van der Waals surface area (Å²) in [6, 6.07) is 1.41. The summed E-state index contributed by atoms with van der Waals surface area (Å²) < 4.78 is 0. The predicted molar refractivity (Wildman–Crippen MR) is 81.4 cm³/mol. The van der Waals surface area contributed by atoms with E-state index in [0.717, 1.165) is 24.3 Å². The third kappa shape index (κ3) is 4.16. The molecule has 1 N–H and O–H groups in total. The van der Waals surface area contributed by atoms with Crippen LogP contribution in [0.15, 0.2) is 4.99 Å². The Labute approximate surface area is 116 Å². The topological polar surface area (TPSA) is 27.6 Å². The molecule has 1 heterocycles. The molecule has 2 rings (SSSR count). The molecule has 1 unspecified atom stereocenters. The maximum Gasteiger partial charge on any atom is 0.156 e. The third-order valence-corrected chi connectivity index (χ3v) is 4.83. The molecule has 1 aliphatic heterocycles. The second-order valence-corrected chi connectivity index (χ2v) is 7.68. The second-order valence-electron chi connectivity index (χ2n) is 6.60. The average Bonchev–Trinajstić information content (AvgIpc) is 3.12. The second kappa shape index (κ2) is 5.83. The molecule has 1 atom stereocenters. The zero-order chi connectivity index (χ0) is 13.2. The Balaban J connectivity index is 1.77. The van der Waals surface area contributed by atoms with E-state index in [4.69, 9.17) is 4.99 Å². The number of thioether (sulfide) groups is 1. The lowest BCUT2D eigenvalue weighted by molar-refractivity contribution is 0.289. The van der Waals surface area contributed by atoms with Crippen molar-refractivity contribution in [2.24, 2.45) is 10.4 Å². The Morgan fingerprint density at radius 3 is 2.67 bits per heavy atom. The molecule has 104 valence electrons. The number of amidine groups is 1. The molecule has 0 radical (unpaired) electrons. The predicted octanol–water partition coefficient (Wildman–Crippen LogP) is 2.58. The number of nitrogens with zero attached hydrogens (tertiary/aromatic N) is 2. The molecule has 0 spiro atoms. The van der Waals surface area contributed by atoms with Gasteiger partial charge in [0.1, 0.15) is 0 Å².